The van der Waals surface area contributed by atoms with Crippen LogP contribution in [0.15, 0.2) is 0 Å². The number of likely N-dealkylation sites (tertiary alicyclic amines) is 1. The molecular weight excluding hydrogens is 252 g/mol. The average molecular weight is 282 g/mol. The lowest BCUT2D eigenvalue weighted by molar-refractivity contribution is 0.0472. The molecule has 1 heterocycles. The van der Waals surface area contributed by atoms with Crippen LogP contribution in [0.2, 0.25) is 0 Å². The molecule has 2 fully saturated rings. The Morgan fingerprint density at radius 1 is 1.05 bits per heavy atom. The maximum atomic E-state index is 11.8. The van der Waals surface area contributed by atoms with Crippen molar-refractivity contribution in [1.82, 2.24) is 10.2 Å². The van der Waals surface area contributed by atoms with E-state index in [4.69, 9.17) is 4.74 Å². The second-order valence-corrected chi connectivity index (χ2v) is 7.25. The van der Waals surface area contributed by atoms with E-state index < -0.39 is 5.60 Å². The van der Waals surface area contributed by atoms with Gasteiger partial charge in [0.2, 0.25) is 0 Å². The Kier molecular flexibility index (Phi) is 5.30. The number of hydrogen-bond acceptors (Lipinski definition) is 3. The molecule has 0 aromatic heterocycles. The van der Waals surface area contributed by atoms with Gasteiger partial charge in [0.25, 0.3) is 0 Å². The van der Waals surface area contributed by atoms with E-state index in [1.165, 1.54) is 45.2 Å². The lowest BCUT2D eigenvalue weighted by Gasteiger charge is -2.39. The standard InChI is InChI=1S/C16H30N2O2/c1-16(2,3)20-15(19)17-13-7-9-14(10-8-13)18-11-5-4-6-12-18/h13-14H,4-12H2,1-3H3,(H,17,19)/t13-,14-. The molecule has 2 rings (SSSR count). The first-order valence-corrected chi connectivity index (χ1v) is 8.17. The fourth-order valence-electron chi connectivity index (χ4n) is 3.34. The fourth-order valence-corrected chi connectivity index (χ4v) is 3.34. The summed E-state index contributed by atoms with van der Waals surface area (Å²) in [6, 6.07) is 1.04. The van der Waals surface area contributed by atoms with Crippen LogP contribution in [-0.2, 0) is 4.74 Å². The molecule has 1 aliphatic heterocycles. The Bertz CT molecular complexity index is 311. The molecule has 4 nitrogen and oxygen atoms in total. The summed E-state index contributed by atoms with van der Waals surface area (Å²) in [7, 11) is 0. The third-order valence-corrected chi connectivity index (χ3v) is 4.32. The van der Waals surface area contributed by atoms with Gasteiger partial charge in [0.15, 0.2) is 0 Å². The van der Waals surface area contributed by atoms with E-state index >= 15 is 0 Å². The van der Waals surface area contributed by atoms with Crippen LogP contribution >= 0.6 is 0 Å². The molecule has 0 radical (unpaired) electrons. The summed E-state index contributed by atoms with van der Waals surface area (Å²) in [6.07, 6.45) is 8.43. The Labute approximate surface area is 123 Å². The molecule has 1 amide bonds. The Morgan fingerprint density at radius 3 is 2.20 bits per heavy atom. The molecule has 0 aromatic rings. The highest BCUT2D eigenvalue weighted by molar-refractivity contribution is 5.68. The number of nitrogens with zero attached hydrogens (tertiary/aromatic N) is 1. The number of amides is 1. The second kappa shape index (κ2) is 6.79. The van der Waals surface area contributed by atoms with Gasteiger partial charge in [0.05, 0.1) is 0 Å². The Morgan fingerprint density at radius 2 is 1.65 bits per heavy atom. The number of ether oxygens (including phenoxy) is 1. The molecule has 20 heavy (non-hydrogen) atoms. The minimum Gasteiger partial charge on any atom is -0.444 e. The largest absolute Gasteiger partial charge is 0.444 e. The number of piperidine rings is 1. The van der Waals surface area contributed by atoms with Gasteiger partial charge in [-0.3, -0.25) is 0 Å². The van der Waals surface area contributed by atoms with E-state index in [0.717, 1.165) is 18.9 Å². The number of alkyl carbamates (subject to hydrolysis) is 1. The van der Waals surface area contributed by atoms with Crippen molar-refractivity contribution >= 4 is 6.09 Å². The third kappa shape index (κ3) is 4.97. The maximum Gasteiger partial charge on any atom is 0.407 e. The molecular formula is C16H30N2O2. The van der Waals surface area contributed by atoms with Gasteiger partial charge in [-0.1, -0.05) is 6.42 Å². The van der Waals surface area contributed by atoms with Crippen LogP contribution in [0, 0.1) is 0 Å². The van der Waals surface area contributed by atoms with Crippen molar-refractivity contribution in [2.24, 2.45) is 0 Å². The number of hydrogen-bond donors (Lipinski definition) is 1. The monoisotopic (exact) mass is 282 g/mol. The molecule has 0 unspecified atom stereocenters. The first-order chi connectivity index (χ1) is 9.44. The van der Waals surface area contributed by atoms with E-state index in [-0.39, 0.29) is 6.09 Å². The van der Waals surface area contributed by atoms with Crippen molar-refractivity contribution in [1.29, 1.82) is 0 Å². The van der Waals surface area contributed by atoms with Crippen LogP contribution in [0.25, 0.3) is 0 Å². The molecule has 1 N–H and O–H groups in total. The van der Waals surface area contributed by atoms with Crippen LogP contribution in [0.4, 0.5) is 4.79 Å². The lowest BCUT2D eigenvalue weighted by Crippen LogP contribution is -2.46. The van der Waals surface area contributed by atoms with Crippen LogP contribution in [0.1, 0.15) is 65.7 Å². The highest BCUT2D eigenvalue weighted by atomic mass is 16.6. The first kappa shape index (κ1) is 15.6. The molecule has 1 saturated heterocycles. The van der Waals surface area contributed by atoms with Crippen molar-refractivity contribution in [3.8, 4) is 0 Å². The maximum absolute atomic E-state index is 11.8. The zero-order valence-corrected chi connectivity index (χ0v) is 13.3. The van der Waals surface area contributed by atoms with Crippen LogP contribution < -0.4 is 5.32 Å². The predicted molar refractivity (Wildman–Crippen MR) is 80.8 cm³/mol. The molecule has 0 spiro atoms. The molecule has 1 aliphatic carbocycles. The smallest absolute Gasteiger partial charge is 0.407 e. The van der Waals surface area contributed by atoms with Crippen molar-refractivity contribution in [2.45, 2.75) is 83.4 Å². The average Bonchev–Trinajstić information content (AvgIpc) is 2.38. The van der Waals surface area contributed by atoms with Crippen molar-refractivity contribution in [2.75, 3.05) is 13.1 Å². The van der Waals surface area contributed by atoms with Gasteiger partial charge in [-0.15, -0.1) is 0 Å². The second-order valence-electron chi connectivity index (χ2n) is 7.25. The molecule has 0 atom stereocenters. The van der Waals surface area contributed by atoms with Crippen LogP contribution in [0.3, 0.4) is 0 Å². The molecule has 0 aromatic carbocycles. The van der Waals surface area contributed by atoms with E-state index in [0.29, 0.717) is 6.04 Å². The van der Waals surface area contributed by atoms with Gasteiger partial charge in [-0.2, -0.15) is 0 Å². The summed E-state index contributed by atoms with van der Waals surface area (Å²) < 4.78 is 5.32. The summed E-state index contributed by atoms with van der Waals surface area (Å²) in [6.45, 7) is 8.25. The zero-order chi connectivity index (χ0) is 14.6. The summed E-state index contributed by atoms with van der Waals surface area (Å²) in [5.41, 5.74) is -0.408. The number of rotatable bonds is 2. The van der Waals surface area contributed by atoms with Gasteiger partial charge >= 0.3 is 6.09 Å². The summed E-state index contributed by atoms with van der Waals surface area (Å²) >= 11 is 0. The normalized spacial score (nSPS) is 28.9. The Hall–Kier alpha value is -0.770. The van der Waals surface area contributed by atoms with E-state index in [1.807, 2.05) is 20.8 Å². The minimum atomic E-state index is -0.408. The third-order valence-electron chi connectivity index (χ3n) is 4.32. The highest BCUT2D eigenvalue weighted by Crippen LogP contribution is 2.25. The predicted octanol–water partition coefficient (Wildman–Crippen LogP) is 3.31. The van der Waals surface area contributed by atoms with Gasteiger partial charge < -0.3 is 15.0 Å². The van der Waals surface area contributed by atoms with Gasteiger partial charge in [-0.05, 0) is 72.4 Å². The number of carbonyl (C=O) groups excluding carboxylic acids is 1. The van der Waals surface area contributed by atoms with Crippen molar-refractivity contribution in [3.05, 3.63) is 0 Å². The lowest BCUT2D eigenvalue weighted by atomic mass is 9.89. The highest BCUT2D eigenvalue weighted by Gasteiger charge is 2.28. The molecule has 116 valence electrons. The van der Waals surface area contributed by atoms with E-state index in [2.05, 4.69) is 10.2 Å². The first-order valence-electron chi connectivity index (χ1n) is 8.17. The minimum absolute atomic E-state index is 0.265. The molecule has 1 saturated carbocycles. The quantitative estimate of drug-likeness (QED) is 0.845. The number of nitrogens with one attached hydrogen (secondary N) is 1. The zero-order valence-electron chi connectivity index (χ0n) is 13.3. The summed E-state index contributed by atoms with van der Waals surface area (Å²) in [4.78, 5) is 14.4. The fraction of sp³-hybridized carbons (Fsp3) is 0.938. The summed E-state index contributed by atoms with van der Waals surface area (Å²) in [5.74, 6) is 0. The van der Waals surface area contributed by atoms with E-state index in [9.17, 15) is 4.79 Å². The van der Waals surface area contributed by atoms with E-state index in [1.54, 1.807) is 0 Å². The number of carbonyl (C=O) groups is 1. The topological polar surface area (TPSA) is 41.6 Å². The van der Waals surface area contributed by atoms with Gasteiger partial charge in [-0.25, -0.2) is 4.79 Å². The molecule has 2 aliphatic rings. The van der Waals surface area contributed by atoms with Gasteiger partial charge in [0, 0.05) is 12.1 Å². The van der Waals surface area contributed by atoms with Crippen LogP contribution in [-0.4, -0.2) is 41.8 Å². The van der Waals surface area contributed by atoms with Crippen molar-refractivity contribution < 1.29 is 9.53 Å². The SMILES string of the molecule is CC(C)(C)OC(=O)N[C@H]1CC[C@H](N2CCCCC2)CC1. The molecule has 4 heteroatoms. The van der Waals surface area contributed by atoms with Gasteiger partial charge in [0.1, 0.15) is 5.60 Å². The summed E-state index contributed by atoms with van der Waals surface area (Å²) in [5, 5.41) is 3.02. The molecule has 0 bridgehead atoms. The Balaban J connectivity index is 1.70. The van der Waals surface area contributed by atoms with Crippen molar-refractivity contribution in [3.63, 3.8) is 0 Å². The van der Waals surface area contributed by atoms with Crippen LogP contribution in [0.5, 0.6) is 0 Å².